The van der Waals surface area contributed by atoms with Crippen LogP contribution in [0.5, 0.6) is 11.6 Å². The van der Waals surface area contributed by atoms with Crippen molar-refractivity contribution in [3.63, 3.8) is 0 Å². The van der Waals surface area contributed by atoms with Crippen molar-refractivity contribution in [2.45, 2.75) is 50.7 Å². The third kappa shape index (κ3) is 5.77. The van der Waals surface area contributed by atoms with Gasteiger partial charge in [-0.2, -0.15) is 0 Å². The predicted molar refractivity (Wildman–Crippen MR) is 139 cm³/mol. The van der Waals surface area contributed by atoms with E-state index in [1.807, 2.05) is 20.8 Å². The molecule has 0 unspecified atom stereocenters. The number of benzene rings is 2. The van der Waals surface area contributed by atoms with Crippen molar-refractivity contribution in [1.29, 1.82) is 0 Å². The highest BCUT2D eigenvalue weighted by Crippen LogP contribution is 2.36. The molecule has 2 atom stereocenters. The number of nitrogens with zero attached hydrogens (tertiary/aromatic N) is 1. The molecule has 0 spiro atoms. The number of fused-ring (bicyclic) bond motifs is 1. The molecule has 37 heavy (non-hydrogen) atoms. The zero-order chi connectivity index (χ0) is 26.7. The zero-order valence-electron chi connectivity index (χ0n) is 20.9. The Labute approximate surface area is 215 Å². The molecule has 4 rings (SSSR count). The van der Waals surface area contributed by atoms with E-state index in [4.69, 9.17) is 15.2 Å². The number of amides is 2. The first-order valence-electron chi connectivity index (χ1n) is 12.0. The van der Waals surface area contributed by atoms with Crippen LogP contribution in [0.15, 0.2) is 53.6 Å². The van der Waals surface area contributed by atoms with Crippen LogP contribution in [0.3, 0.4) is 0 Å². The summed E-state index contributed by atoms with van der Waals surface area (Å²) in [5.74, 6) is -0.184. The molecule has 1 aromatic heterocycles. The minimum Gasteiger partial charge on any atom is -0.490 e. The van der Waals surface area contributed by atoms with Gasteiger partial charge in [0.2, 0.25) is 11.8 Å². The number of carbonyl (C=O) groups is 2. The van der Waals surface area contributed by atoms with Crippen molar-refractivity contribution in [1.82, 2.24) is 10.3 Å². The second-order valence-electron chi connectivity index (χ2n) is 9.18. The fourth-order valence-corrected chi connectivity index (χ4v) is 5.41. The monoisotopic (exact) mass is 526 g/mol. The van der Waals surface area contributed by atoms with Crippen LogP contribution in [0.2, 0.25) is 0 Å². The van der Waals surface area contributed by atoms with E-state index >= 15 is 0 Å². The van der Waals surface area contributed by atoms with E-state index in [1.54, 1.807) is 24.3 Å². The van der Waals surface area contributed by atoms with Crippen LogP contribution in [0, 0.1) is 5.92 Å². The predicted octanol–water partition coefficient (Wildman–Crippen LogP) is 3.22. The number of aromatic nitrogens is 1. The second kappa shape index (κ2) is 10.6. The van der Waals surface area contributed by atoms with Crippen LogP contribution >= 0.6 is 0 Å². The van der Waals surface area contributed by atoms with Crippen molar-refractivity contribution < 1.29 is 27.5 Å². The van der Waals surface area contributed by atoms with Crippen molar-refractivity contribution in [3.8, 4) is 11.6 Å². The number of anilines is 1. The minimum atomic E-state index is -3.95. The van der Waals surface area contributed by atoms with Crippen LogP contribution in [0.4, 0.5) is 5.69 Å². The molecule has 1 saturated heterocycles. The molecule has 2 heterocycles. The largest absolute Gasteiger partial charge is 0.490 e. The average Bonchev–Trinajstić information content (AvgIpc) is 3.22. The molecule has 11 heteroatoms. The highest BCUT2D eigenvalue weighted by Gasteiger charge is 2.32. The lowest BCUT2D eigenvalue weighted by Crippen LogP contribution is -2.34. The Morgan fingerprint density at radius 3 is 2.59 bits per heavy atom. The van der Waals surface area contributed by atoms with Gasteiger partial charge in [-0.15, -0.1) is 0 Å². The first kappa shape index (κ1) is 26.2. The number of nitrogens with one attached hydrogen (secondary N) is 2. The maximum absolute atomic E-state index is 13.0. The third-order valence-corrected chi connectivity index (χ3v) is 7.55. The standard InChI is InChI=1S/C26H30N4O6S/c1-4-16-10-24(31)29-22(16)14-35-26-19-12-23(36-15(2)3)20(25(27)32)11-18(19)21(13-28-26)30-37(33,34)17-8-6-5-7-9-17/h5-9,11-13,15-16,22,30H,4,10,14H2,1-3H3,(H2,27,32)(H,29,31)/t16-,22-/m1/s1. The fraction of sp³-hybridized carbons (Fsp3) is 0.346. The van der Waals surface area contributed by atoms with Gasteiger partial charge in [-0.3, -0.25) is 14.3 Å². The lowest BCUT2D eigenvalue weighted by atomic mass is 9.98. The fourth-order valence-electron chi connectivity index (χ4n) is 4.32. The van der Waals surface area contributed by atoms with Gasteiger partial charge in [-0.05, 0) is 44.0 Å². The third-order valence-electron chi connectivity index (χ3n) is 6.16. The normalized spacial score (nSPS) is 17.6. The molecule has 0 radical (unpaired) electrons. The second-order valence-corrected chi connectivity index (χ2v) is 10.9. The molecule has 196 valence electrons. The summed E-state index contributed by atoms with van der Waals surface area (Å²) in [4.78, 5) is 28.6. The number of ether oxygens (including phenoxy) is 2. The summed E-state index contributed by atoms with van der Waals surface area (Å²) < 4.78 is 40.5. The quantitative estimate of drug-likeness (QED) is 0.367. The van der Waals surface area contributed by atoms with Crippen LogP contribution in [-0.2, 0) is 14.8 Å². The Balaban J connectivity index is 1.79. The lowest BCUT2D eigenvalue weighted by molar-refractivity contribution is -0.119. The van der Waals surface area contributed by atoms with E-state index in [-0.39, 0.29) is 58.4 Å². The molecule has 0 bridgehead atoms. The number of carbonyl (C=O) groups excluding carboxylic acids is 2. The summed E-state index contributed by atoms with van der Waals surface area (Å²) in [6, 6.07) is 10.8. The number of hydrogen-bond donors (Lipinski definition) is 3. The van der Waals surface area contributed by atoms with Gasteiger partial charge in [0.05, 0.1) is 34.5 Å². The SMILES string of the molecule is CC[C@@H]1CC(=O)N[C@@H]1COc1ncc(NS(=O)(=O)c2ccccc2)c2cc(C(N)=O)c(OC(C)C)cc12. The Hall–Kier alpha value is -3.86. The highest BCUT2D eigenvalue weighted by atomic mass is 32.2. The smallest absolute Gasteiger partial charge is 0.261 e. The lowest BCUT2D eigenvalue weighted by Gasteiger charge is -2.20. The van der Waals surface area contributed by atoms with Crippen molar-refractivity contribution in [2.24, 2.45) is 11.7 Å². The van der Waals surface area contributed by atoms with E-state index in [2.05, 4.69) is 15.0 Å². The van der Waals surface area contributed by atoms with Crippen molar-refractivity contribution in [3.05, 3.63) is 54.2 Å². The summed E-state index contributed by atoms with van der Waals surface area (Å²) >= 11 is 0. The molecule has 0 saturated carbocycles. The van der Waals surface area contributed by atoms with Crippen molar-refractivity contribution in [2.75, 3.05) is 11.3 Å². The van der Waals surface area contributed by atoms with Crippen LogP contribution in [0.1, 0.15) is 44.0 Å². The number of nitrogens with two attached hydrogens (primary N) is 1. The Morgan fingerprint density at radius 1 is 1.22 bits per heavy atom. The topological polar surface area (TPSA) is 150 Å². The summed E-state index contributed by atoms with van der Waals surface area (Å²) in [5, 5.41) is 3.71. The molecule has 4 N–H and O–H groups in total. The average molecular weight is 527 g/mol. The molecule has 2 aromatic carbocycles. The Morgan fingerprint density at radius 2 is 1.95 bits per heavy atom. The summed E-state index contributed by atoms with van der Waals surface area (Å²) in [7, 11) is -3.95. The molecule has 1 aliphatic heterocycles. The summed E-state index contributed by atoms with van der Waals surface area (Å²) in [5.41, 5.74) is 5.86. The molecular formula is C26H30N4O6S. The summed E-state index contributed by atoms with van der Waals surface area (Å²) in [6.07, 6.45) is 2.32. The number of pyridine rings is 1. The number of rotatable bonds is 10. The Kier molecular flexibility index (Phi) is 7.53. The van der Waals surface area contributed by atoms with Crippen LogP contribution in [0.25, 0.3) is 10.8 Å². The van der Waals surface area contributed by atoms with E-state index in [9.17, 15) is 18.0 Å². The van der Waals surface area contributed by atoms with Gasteiger partial charge in [0.15, 0.2) is 0 Å². The van der Waals surface area contributed by atoms with Gasteiger partial charge in [-0.1, -0.05) is 31.5 Å². The van der Waals surface area contributed by atoms with Gasteiger partial charge in [0.1, 0.15) is 12.4 Å². The van der Waals surface area contributed by atoms with Gasteiger partial charge < -0.3 is 20.5 Å². The highest BCUT2D eigenvalue weighted by molar-refractivity contribution is 7.92. The maximum Gasteiger partial charge on any atom is 0.261 e. The van der Waals surface area contributed by atoms with Gasteiger partial charge in [-0.25, -0.2) is 13.4 Å². The zero-order valence-corrected chi connectivity index (χ0v) is 21.7. The summed E-state index contributed by atoms with van der Waals surface area (Å²) in [6.45, 7) is 5.81. The Bertz CT molecular complexity index is 1430. The molecule has 2 amide bonds. The van der Waals surface area contributed by atoms with Gasteiger partial charge in [0, 0.05) is 17.2 Å². The van der Waals surface area contributed by atoms with Crippen LogP contribution in [-0.4, -0.2) is 44.0 Å². The molecule has 10 nitrogen and oxygen atoms in total. The molecule has 3 aromatic rings. The molecule has 0 aliphatic carbocycles. The van der Waals surface area contributed by atoms with E-state index < -0.39 is 15.9 Å². The van der Waals surface area contributed by atoms with Gasteiger partial charge in [0.25, 0.3) is 15.9 Å². The van der Waals surface area contributed by atoms with E-state index in [1.165, 1.54) is 24.4 Å². The first-order valence-corrected chi connectivity index (χ1v) is 13.5. The first-order chi connectivity index (χ1) is 17.6. The molecular weight excluding hydrogens is 496 g/mol. The maximum atomic E-state index is 13.0. The minimum absolute atomic E-state index is 0.0253. The van der Waals surface area contributed by atoms with Gasteiger partial charge >= 0.3 is 0 Å². The molecule has 1 aliphatic rings. The van der Waals surface area contributed by atoms with E-state index in [0.717, 1.165) is 6.42 Å². The molecule has 1 fully saturated rings. The van der Waals surface area contributed by atoms with E-state index in [0.29, 0.717) is 17.2 Å². The number of primary amides is 1. The van der Waals surface area contributed by atoms with Crippen molar-refractivity contribution >= 4 is 38.3 Å². The number of sulfonamides is 1. The van der Waals surface area contributed by atoms with Crippen LogP contribution < -0.4 is 25.2 Å². The number of hydrogen-bond acceptors (Lipinski definition) is 7.